The molecule has 3 aromatic rings. The van der Waals surface area contributed by atoms with Crippen molar-refractivity contribution in [3.63, 3.8) is 0 Å². The number of hydrogen-bond donors (Lipinski definition) is 1. The van der Waals surface area contributed by atoms with Gasteiger partial charge in [0.05, 0.1) is 17.1 Å². The Morgan fingerprint density at radius 1 is 1.14 bits per heavy atom. The fourth-order valence-electron chi connectivity index (χ4n) is 2.41. The van der Waals surface area contributed by atoms with Gasteiger partial charge in [0, 0.05) is 17.8 Å². The van der Waals surface area contributed by atoms with Gasteiger partial charge >= 0.3 is 5.69 Å². The Morgan fingerprint density at radius 3 is 2.62 bits per heavy atom. The van der Waals surface area contributed by atoms with Gasteiger partial charge in [0.1, 0.15) is 12.4 Å². The van der Waals surface area contributed by atoms with Crippen LogP contribution in [0.5, 0.6) is 5.75 Å². The molecule has 1 heterocycles. The third kappa shape index (κ3) is 5.13. The molecule has 9 heteroatoms. The summed E-state index contributed by atoms with van der Waals surface area (Å²) in [5, 5.41) is 25.8. The Labute approximate surface area is 165 Å². The topological polar surface area (TPSA) is 130 Å². The molecule has 0 amide bonds. The van der Waals surface area contributed by atoms with Gasteiger partial charge in [-0.25, -0.2) is 4.98 Å². The number of para-hydroxylation sites is 1. The molecule has 0 saturated heterocycles. The van der Waals surface area contributed by atoms with E-state index in [0.717, 1.165) is 5.56 Å². The van der Waals surface area contributed by atoms with Crippen LogP contribution in [-0.2, 0) is 6.61 Å². The number of nitrogens with zero attached hydrogens (tertiary/aromatic N) is 3. The first-order valence-electron chi connectivity index (χ1n) is 8.45. The largest absolute Gasteiger partial charge is 0.545 e. The molecule has 0 aliphatic rings. The number of pyridine rings is 1. The van der Waals surface area contributed by atoms with Crippen LogP contribution in [-0.4, -0.2) is 22.1 Å². The molecule has 1 N–H and O–H groups in total. The van der Waals surface area contributed by atoms with E-state index in [1.807, 2.05) is 0 Å². The number of nitrogens with one attached hydrogen (secondary N) is 1. The van der Waals surface area contributed by atoms with Crippen LogP contribution >= 0.6 is 0 Å². The lowest BCUT2D eigenvalue weighted by Gasteiger charge is -2.10. The highest BCUT2D eigenvalue weighted by molar-refractivity contribution is 5.85. The average molecular weight is 391 g/mol. The number of nitro groups is 1. The first-order valence-corrected chi connectivity index (χ1v) is 8.45. The molecule has 0 radical (unpaired) electrons. The van der Waals surface area contributed by atoms with Crippen molar-refractivity contribution >= 4 is 23.7 Å². The van der Waals surface area contributed by atoms with Gasteiger partial charge in [-0.15, -0.1) is 0 Å². The van der Waals surface area contributed by atoms with Crippen LogP contribution in [0.25, 0.3) is 0 Å². The lowest BCUT2D eigenvalue weighted by molar-refractivity contribution is -0.384. The highest BCUT2D eigenvalue weighted by Gasteiger charge is 2.13. The minimum absolute atomic E-state index is 0.0279. The number of anilines is 1. The molecule has 0 aliphatic carbocycles. The summed E-state index contributed by atoms with van der Waals surface area (Å²) in [7, 11) is 0. The van der Waals surface area contributed by atoms with Crippen LogP contribution in [0.4, 0.5) is 11.5 Å². The molecule has 3 rings (SSSR count). The van der Waals surface area contributed by atoms with E-state index >= 15 is 0 Å². The van der Waals surface area contributed by atoms with Crippen LogP contribution in [0.2, 0.25) is 0 Å². The van der Waals surface area contributed by atoms with E-state index in [1.54, 1.807) is 36.4 Å². The van der Waals surface area contributed by atoms with Gasteiger partial charge in [0.2, 0.25) is 5.82 Å². The summed E-state index contributed by atoms with van der Waals surface area (Å²) < 4.78 is 5.78. The highest BCUT2D eigenvalue weighted by atomic mass is 16.6. The monoisotopic (exact) mass is 391 g/mol. The van der Waals surface area contributed by atoms with Gasteiger partial charge in [0.25, 0.3) is 0 Å². The molecular formula is C20H15N4O5-. The minimum atomic E-state index is -1.24. The summed E-state index contributed by atoms with van der Waals surface area (Å²) in [6, 6.07) is 16.1. The van der Waals surface area contributed by atoms with Gasteiger partial charge in [-0.1, -0.05) is 36.4 Å². The van der Waals surface area contributed by atoms with Crippen molar-refractivity contribution in [3.05, 3.63) is 93.7 Å². The zero-order valence-electron chi connectivity index (χ0n) is 15.0. The summed E-state index contributed by atoms with van der Waals surface area (Å²) in [4.78, 5) is 25.2. The van der Waals surface area contributed by atoms with Crippen molar-refractivity contribution < 1.29 is 19.6 Å². The zero-order chi connectivity index (χ0) is 20.6. The second kappa shape index (κ2) is 9.09. The lowest BCUT2D eigenvalue weighted by Crippen LogP contribution is -2.22. The molecule has 0 saturated carbocycles. The van der Waals surface area contributed by atoms with Gasteiger partial charge in [-0.05, 0) is 29.3 Å². The Bertz CT molecular complexity index is 1050. The van der Waals surface area contributed by atoms with Crippen LogP contribution in [0, 0.1) is 10.1 Å². The number of carboxylic acids is 1. The van der Waals surface area contributed by atoms with Crippen LogP contribution in [0.1, 0.15) is 21.5 Å². The predicted molar refractivity (Wildman–Crippen MR) is 104 cm³/mol. The molecule has 0 atom stereocenters. The molecule has 9 nitrogen and oxygen atoms in total. The summed E-state index contributed by atoms with van der Waals surface area (Å²) in [5.74, 6) is -0.669. The Morgan fingerprint density at radius 2 is 1.90 bits per heavy atom. The molecule has 0 spiro atoms. The molecule has 0 fully saturated rings. The van der Waals surface area contributed by atoms with Crippen molar-refractivity contribution in [1.82, 2.24) is 4.98 Å². The minimum Gasteiger partial charge on any atom is -0.545 e. The summed E-state index contributed by atoms with van der Waals surface area (Å²) in [5.41, 5.74) is 3.89. The lowest BCUT2D eigenvalue weighted by atomic mass is 10.1. The van der Waals surface area contributed by atoms with Crippen LogP contribution in [0.3, 0.4) is 0 Å². The Balaban J connectivity index is 1.68. The standard InChI is InChI=1S/C20H16N4O5/c25-20(26)15-9-7-14(8-10-15)13-29-18-6-2-1-4-16(18)12-22-23-19-17(24(27)28)5-3-11-21-19/h1-12H,13H2,(H,21,23)(H,25,26)/p-1/b22-12-. The Hall–Kier alpha value is -4.27. The van der Waals surface area contributed by atoms with Gasteiger partial charge < -0.3 is 14.6 Å². The van der Waals surface area contributed by atoms with Crippen molar-refractivity contribution in [2.45, 2.75) is 6.61 Å². The summed E-state index contributed by atoms with van der Waals surface area (Å²) in [6.45, 7) is 0.220. The van der Waals surface area contributed by atoms with Crippen molar-refractivity contribution in [3.8, 4) is 5.75 Å². The van der Waals surface area contributed by atoms with E-state index in [4.69, 9.17) is 4.74 Å². The molecule has 0 aliphatic heterocycles. The summed E-state index contributed by atoms with van der Waals surface area (Å²) in [6.07, 6.45) is 2.89. The maximum atomic E-state index is 11.0. The molecule has 146 valence electrons. The number of aromatic nitrogens is 1. The van der Waals surface area contributed by atoms with Crippen LogP contribution < -0.4 is 15.3 Å². The van der Waals surface area contributed by atoms with Crippen molar-refractivity contribution in [1.29, 1.82) is 0 Å². The van der Waals surface area contributed by atoms with E-state index in [1.165, 1.54) is 36.7 Å². The van der Waals surface area contributed by atoms with Gasteiger partial charge in [-0.2, -0.15) is 5.10 Å². The van der Waals surface area contributed by atoms with Gasteiger partial charge in [0.15, 0.2) is 0 Å². The SMILES string of the molecule is O=C([O-])c1ccc(COc2ccccc2/C=N\Nc2ncccc2[N+](=O)[O-])cc1. The number of benzene rings is 2. The third-order valence-corrected chi connectivity index (χ3v) is 3.86. The second-order valence-corrected chi connectivity index (χ2v) is 5.81. The smallest absolute Gasteiger partial charge is 0.313 e. The van der Waals surface area contributed by atoms with E-state index in [-0.39, 0.29) is 23.7 Å². The second-order valence-electron chi connectivity index (χ2n) is 5.81. The zero-order valence-corrected chi connectivity index (χ0v) is 15.0. The van der Waals surface area contributed by atoms with Gasteiger partial charge in [-0.3, -0.25) is 15.5 Å². The summed E-state index contributed by atoms with van der Waals surface area (Å²) >= 11 is 0. The number of carbonyl (C=O) groups excluding carboxylic acids is 1. The number of carbonyl (C=O) groups is 1. The first-order chi connectivity index (χ1) is 14.0. The van der Waals surface area contributed by atoms with Crippen molar-refractivity contribution in [2.24, 2.45) is 5.10 Å². The predicted octanol–water partition coefficient (Wildman–Crippen LogP) is 2.38. The highest BCUT2D eigenvalue weighted by Crippen LogP contribution is 2.21. The number of hydrazone groups is 1. The molecule has 1 aromatic heterocycles. The third-order valence-electron chi connectivity index (χ3n) is 3.86. The Kier molecular flexibility index (Phi) is 6.11. The van der Waals surface area contributed by atoms with Crippen molar-refractivity contribution in [2.75, 3.05) is 5.43 Å². The van der Waals surface area contributed by atoms with E-state index in [0.29, 0.717) is 11.3 Å². The van der Waals surface area contributed by atoms with E-state index < -0.39 is 10.9 Å². The fourth-order valence-corrected chi connectivity index (χ4v) is 2.41. The van der Waals surface area contributed by atoms with Crippen LogP contribution in [0.15, 0.2) is 72.0 Å². The maximum absolute atomic E-state index is 11.0. The van der Waals surface area contributed by atoms with E-state index in [9.17, 15) is 20.0 Å². The molecule has 2 aromatic carbocycles. The average Bonchev–Trinajstić information content (AvgIpc) is 2.73. The molecule has 0 unspecified atom stereocenters. The molecular weight excluding hydrogens is 376 g/mol. The number of rotatable bonds is 8. The molecule has 0 bridgehead atoms. The molecule has 29 heavy (non-hydrogen) atoms. The fraction of sp³-hybridized carbons (Fsp3) is 0.0500. The number of hydrogen-bond acceptors (Lipinski definition) is 8. The number of aromatic carboxylic acids is 1. The number of ether oxygens (including phenoxy) is 1. The quantitative estimate of drug-likeness (QED) is 0.354. The number of carboxylic acid groups (broad SMARTS) is 1. The first kappa shape index (κ1) is 19.5. The normalized spacial score (nSPS) is 10.6. The maximum Gasteiger partial charge on any atom is 0.313 e. The van der Waals surface area contributed by atoms with E-state index in [2.05, 4.69) is 15.5 Å².